The van der Waals surface area contributed by atoms with Gasteiger partial charge in [-0.15, -0.1) is 0 Å². The van der Waals surface area contributed by atoms with Gasteiger partial charge in [0.1, 0.15) is 0 Å². The van der Waals surface area contributed by atoms with Crippen LogP contribution in [0.1, 0.15) is 0 Å². The van der Waals surface area contributed by atoms with Crippen LogP contribution in [0.25, 0.3) is 0 Å². The summed E-state index contributed by atoms with van der Waals surface area (Å²) < 4.78 is 29.4. The zero-order chi connectivity index (χ0) is 4.50. The summed E-state index contributed by atoms with van der Waals surface area (Å²) in [7, 11) is 0. The van der Waals surface area contributed by atoms with Crippen LogP contribution in [0.2, 0.25) is 0 Å². The minimum atomic E-state index is -4.86. The van der Waals surface area contributed by atoms with Crippen molar-refractivity contribution in [2.45, 2.75) is 0 Å². The predicted octanol–water partition coefficient (Wildman–Crippen LogP) is -2.23. The van der Waals surface area contributed by atoms with Gasteiger partial charge >= 0.3 is 43.9 Å². The van der Waals surface area contributed by atoms with Crippen molar-refractivity contribution in [3.63, 3.8) is 0 Å². The molecule has 0 saturated carbocycles. The average Bonchev–Trinajstić information content (AvgIpc) is 0.722. The van der Waals surface area contributed by atoms with Crippen molar-refractivity contribution < 1.29 is 43.9 Å². The van der Waals surface area contributed by atoms with Gasteiger partial charge in [0.2, 0.25) is 0 Å². The fourth-order valence-electron chi connectivity index (χ4n) is 0. The Morgan fingerprint density at radius 2 is 0.800 bits per heavy atom. The summed E-state index contributed by atoms with van der Waals surface area (Å²) in [5, 5.41) is 0. The molecule has 0 aromatic heterocycles. The van der Waals surface area contributed by atoms with Crippen molar-refractivity contribution >= 4 is 0 Å². The molecule has 0 aliphatic rings. The van der Waals surface area contributed by atoms with E-state index in [9.17, 15) is 0 Å². The molecule has 5 heavy (non-hydrogen) atoms. The quantitative estimate of drug-likeness (QED) is 0.356. The summed E-state index contributed by atoms with van der Waals surface area (Å²) in [6.07, 6.45) is 0. The van der Waals surface area contributed by atoms with Gasteiger partial charge < -0.3 is 0 Å². The van der Waals surface area contributed by atoms with Crippen molar-refractivity contribution in [1.29, 1.82) is 0 Å². The molecule has 0 aromatic rings. The summed E-state index contributed by atoms with van der Waals surface area (Å²) in [6.45, 7) is 0. The van der Waals surface area contributed by atoms with Gasteiger partial charge in [0.05, 0.1) is 0 Å². The van der Waals surface area contributed by atoms with Crippen molar-refractivity contribution in [1.82, 2.24) is 0 Å². The minimum absolute atomic E-state index is 4.86. The molecular weight excluding hydrogens is 195 g/mol. The average molecular weight is 199 g/mol. The van der Waals surface area contributed by atoms with E-state index in [2.05, 4.69) is 0 Å². The first-order valence-corrected chi connectivity index (χ1v) is 4.24. The fourth-order valence-corrected chi connectivity index (χ4v) is 0. The van der Waals surface area contributed by atoms with Crippen LogP contribution in [0.3, 0.4) is 0 Å². The van der Waals surface area contributed by atoms with Crippen LogP contribution in [0.4, 0.5) is 0 Å². The van der Waals surface area contributed by atoms with E-state index >= 15 is 0 Å². The molecule has 0 rings (SSSR count). The third-order valence-electron chi connectivity index (χ3n) is 0. The van der Waals surface area contributed by atoms with Crippen LogP contribution in [0, 0.1) is 42.1 Å². The van der Waals surface area contributed by atoms with E-state index < -0.39 is 42.1 Å². The van der Waals surface area contributed by atoms with Crippen LogP contribution >= 0.6 is 0 Å². The van der Waals surface area contributed by atoms with E-state index in [4.69, 9.17) is 1.71 Å². The fraction of sp³-hybridized carbons (Fsp3) is 0. The predicted molar refractivity (Wildman–Crippen MR) is 8.88 cm³/mol. The number of rotatable bonds is 0. The molecule has 0 aliphatic heterocycles. The second-order valence-electron chi connectivity index (χ2n) is 0.424. The van der Waals surface area contributed by atoms with E-state index in [1.54, 1.807) is 0 Å². The summed E-state index contributed by atoms with van der Waals surface area (Å²) >= 11 is -4.86. The van der Waals surface area contributed by atoms with Crippen LogP contribution < -0.4 is 0 Å². The van der Waals surface area contributed by atoms with Crippen LogP contribution in [-0.2, 0) is 0 Å². The van der Waals surface area contributed by atoms with E-state index in [0.29, 0.717) is 0 Å². The first-order chi connectivity index (χ1) is 2.00. The Morgan fingerprint density at radius 1 is 0.800 bits per heavy atom. The molecule has 0 saturated heterocycles. The Morgan fingerprint density at radius 3 is 0.800 bits per heavy atom. The molecule has 0 atom stereocenters. The Labute approximate surface area is 42.9 Å². The van der Waals surface area contributed by atoms with Gasteiger partial charge in [-0.05, 0) is 0 Å². The Hall–Kier alpha value is 1.41. The third kappa shape index (κ3) is 31.6. The Balaban J connectivity index is 3.02. The maximum absolute atomic E-state index is 7.36. The van der Waals surface area contributed by atoms with Gasteiger partial charge in [0.25, 0.3) is 0 Å². The summed E-state index contributed by atoms with van der Waals surface area (Å²) in [5.41, 5.74) is 0. The molecule has 0 unspecified atom stereocenters. The maximum atomic E-state index is 7.36. The van der Waals surface area contributed by atoms with Crippen molar-refractivity contribution in [3.05, 3.63) is 0 Å². The van der Waals surface area contributed by atoms with E-state index in [0.717, 1.165) is 0 Å². The molecule has 0 spiro atoms. The molecule has 0 bridgehead atoms. The monoisotopic (exact) mass is 200 g/mol. The summed E-state index contributed by atoms with van der Waals surface area (Å²) in [4.78, 5) is 0. The third-order valence-corrected chi connectivity index (χ3v) is 0. The van der Waals surface area contributed by atoms with E-state index in [-0.39, 0.29) is 0 Å². The Bertz CT molecular complexity index is 19.1. The topological polar surface area (TPSA) is 80.9 Å². The first kappa shape index (κ1) is 6.41. The van der Waals surface area contributed by atoms with Gasteiger partial charge in [-0.1, -0.05) is 0 Å². The van der Waals surface area contributed by atoms with Gasteiger partial charge in [0, 0.05) is 0 Å². The SMILES string of the molecule is O[Xe](O)(O)O. The molecule has 0 aliphatic carbocycles. The second kappa shape index (κ2) is 1.92. The zero-order valence-corrected chi connectivity index (χ0v) is 4.16. The van der Waals surface area contributed by atoms with Gasteiger partial charge in [-0.3, -0.25) is 0 Å². The van der Waals surface area contributed by atoms with E-state index in [1.807, 2.05) is 0 Å². The molecule has 5 heteroatoms. The molecule has 0 radical (unpaired) electrons. The molecule has 36 valence electrons. The van der Waals surface area contributed by atoms with Crippen molar-refractivity contribution in [2.24, 2.45) is 0 Å². The van der Waals surface area contributed by atoms with Gasteiger partial charge in [0.15, 0.2) is 0 Å². The standard InChI is InChI=1S/H4O4Xe/c1-5(2,3)4/h1-4H. The molecule has 4 N–H and O–H groups in total. The van der Waals surface area contributed by atoms with Crippen LogP contribution in [0.15, 0.2) is 0 Å². The summed E-state index contributed by atoms with van der Waals surface area (Å²) in [5.74, 6) is 0. The molecule has 0 fully saturated rings. The first-order valence-electron chi connectivity index (χ1n) is 0.632. The van der Waals surface area contributed by atoms with Crippen LogP contribution in [0.5, 0.6) is 0 Å². The van der Waals surface area contributed by atoms with Gasteiger partial charge in [-0.2, -0.15) is 0 Å². The molecule has 0 aromatic carbocycles. The molecule has 0 amide bonds. The zero-order valence-electron chi connectivity index (χ0n) is 2.14. The van der Waals surface area contributed by atoms with E-state index in [1.165, 1.54) is 0 Å². The van der Waals surface area contributed by atoms with Gasteiger partial charge in [-0.25, -0.2) is 0 Å². The van der Waals surface area contributed by atoms with Crippen molar-refractivity contribution in [3.8, 4) is 0 Å². The Kier molecular flexibility index (Phi) is 2.46. The normalized spacial score (nSPS) is 15.2. The molecular formula is H4O4Xe. The summed E-state index contributed by atoms with van der Waals surface area (Å²) in [6, 6.07) is 0. The number of hydrogen-bond donors (Lipinski definition) is 4. The second-order valence-corrected chi connectivity index (χ2v) is 2.85. The number of hydrogen-bond acceptors (Lipinski definition) is 4. The van der Waals surface area contributed by atoms with Crippen molar-refractivity contribution in [2.75, 3.05) is 0 Å². The van der Waals surface area contributed by atoms with Crippen LogP contribution in [-0.4, -0.2) is 1.71 Å². The molecule has 4 nitrogen and oxygen atoms in total. The molecule has 0 heterocycles.